The number of aromatic amines is 1. The van der Waals surface area contributed by atoms with Crippen LogP contribution in [0, 0.1) is 13.8 Å². The zero-order valence-corrected chi connectivity index (χ0v) is 13.4. The van der Waals surface area contributed by atoms with Crippen LogP contribution in [0.4, 0.5) is 5.69 Å². The van der Waals surface area contributed by atoms with E-state index in [0.29, 0.717) is 21.7 Å². The van der Waals surface area contributed by atoms with Crippen molar-refractivity contribution in [3.8, 4) is 0 Å². The third kappa shape index (κ3) is 3.12. The van der Waals surface area contributed by atoms with Crippen LogP contribution in [0.5, 0.6) is 0 Å². The summed E-state index contributed by atoms with van der Waals surface area (Å²) in [5.74, 6) is -0.314. The van der Waals surface area contributed by atoms with E-state index in [1.165, 1.54) is 10.9 Å². The van der Waals surface area contributed by atoms with Gasteiger partial charge in [-0.25, -0.2) is 4.98 Å². The molecule has 0 saturated carbocycles. The number of nitrogens with zero attached hydrogens (tertiary/aromatic N) is 2. The number of aromatic nitrogens is 3. The van der Waals surface area contributed by atoms with Crippen LogP contribution in [0.15, 0.2) is 35.4 Å². The van der Waals surface area contributed by atoms with Gasteiger partial charge in [-0.1, -0.05) is 17.7 Å². The summed E-state index contributed by atoms with van der Waals surface area (Å²) in [5.41, 5.74) is 2.64. The van der Waals surface area contributed by atoms with Crippen LogP contribution in [-0.4, -0.2) is 20.4 Å². The van der Waals surface area contributed by atoms with Crippen molar-refractivity contribution in [1.82, 2.24) is 14.5 Å². The van der Waals surface area contributed by atoms with Gasteiger partial charge in [-0.15, -0.1) is 0 Å². The SMILES string of the molecule is Cc1cc2c(=O)n(CC(=O)Nc3cc(Cl)ccc3C)cnc2[nH]1. The van der Waals surface area contributed by atoms with E-state index in [2.05, 4.69) is 15.3 Å². The number of rotatable bonds is 3. The molecule has 7 heteroatoms. The number of halogens is 1. The average Bonchev–Trinajstić information content (AvgIpc) is 2.87. The number of amides is 1. The Labute approximate surface area is 137 Å². The van der Waals surface area contributed by atoms with Crippen LogP contribution in [0.3, 0.4) is 0 Å². The molecular weight excluding hydrogens is 316 g/mol. The fourth-order valence-corrected chi connectivity index (χ4v) is 2.53. The van der Waals surface area contributed by atoms with Gasteiger partial charge in [0.05, 0.1) is 5.39 Å². The van der Waals surface area contributed by atoms with Crippen LogP contribution >= 0.6 is 11.6 Å². The number of hydrogen-bond donors (Lipinski definition) is 2. The Hall–Kier alpha value is -2.60. The van der Waals surface area contributed by atoms with Crippen LogP contribution in [0.2, 0.25) is 5.02 Å². The van der Waals surface area contributed by atoms with Crippen molar-refractivity contribution in [3.63, 3.8) is 0 Å². The van der Waals surface area contributed by atoms with Crippen molar-refractivity contribution < 1.29 is 4.79 Å². The fourth-order valence-electron chi connectivity index (χ4n) is 2.36. The molecule has 3 aromatic rings. The maximum absolute atomic E-state index is 12.4. The van der Waals surface area contributed by atoms with E-state index in [0.717, 1.165) is 11.3 Å². The molecule has 0 atom stereocenters. The summed E-state index contributed by atoms with van der Waals surface area (Å²) in [7, 11) is 0. The maximum atomic E-state index is 12.4. The lowest BCUT2D eigenvalue weighted by molar-refractivity contribution is -0.116. The van der Waals surface area contributed by atoms with Gasteiger partial charge in [0.2, 0.25) is 5.91 Å². The molecule has 0 radical (unpaired) electrons. The highest BCUT2D eigenvalue weighted by atomic mass is 35.5. The number of fused-ring (bicyclic) bond motifs is 1. The lowest BCUT2D eigenvalue weighted by Gasteiger charge is -2.10. The smallest absolute Gasteiger partial charge is 0.263 e. The zero-order chi connectivity index (χ0) is 16.6. The summed E-state index contributed by atoms with van der Waals surface area (Å²) in [6.07, 6.45) is 1.37. The maximum Gasteiger partial charge on any atom is 0.263 e. The van der Waals surface area contributed by atoms with E-state index >= 15 is 0 Å². The number of carbonyl (C=O) groups excluding carboxylic acids is 1. The third-order valence-electron chi connectivity index (χ3n) is 3.54. The Morgan fingerprint density at radius 3 is 2.91 bits per heavy atom. The fraction of sp³-hybridized carbons (Fsp3) is 0.188. The number of nitrogens with one attached hydrogen (secondary N) is 2. The van der Waals surface area contributed by atoms with Crippen LogP contribution in [-0.2, 0) is 11.3 Å². The normalized spacial score (nSPS) is 10.9. The molecule has 0 saturated heterocycles. The summed E-state index contributed by atoms with van der Waals surface area (Å²) in [5, 5.41) is 3.77. The molecule has 0 aliphatic carbocycles. The molecule has 1 amide bonds. The van der Waals surface area contributed by atoms with Gasteiger partial charge in [0, 0.05) is 16.4 Å². The van der Waals surface area contributed by atoms with E-state index in [1.807, 2.05) is 19.9 Å². The monoisotopic (exact) mass is 330 g/mol. The van der Waals surface area contributed by atoms with Gasteiger partial charge >= 0.3 is 0 Å². The molecular formula is C16H15ClN4O2. The first-order valence-corrected chi connectivity index (χ1v) is 7.42. The van der Waals surface area contributed by atoms with Crippen molar-refractivity contribution in [2.24, 2.45) is 0 Å². The van der Waals surface area contributed by atoms with E-state index < -0.39 is 0 Å². The van der Waals surface area contributed by atoms with Gasteiger partial charge in [0.25, 0.3) is 5.56 Å². The molecule has 23 heavy (non-hydrogen) atoms. The van der Waals surface area contributed by atoms with Gasteiger partial charge < -0.3 is 10.3 Å². The highest BCUT2D eigenvalue weighted by Crippen LogP contribution is 2.20. The standard InChI is InChI=1S/C16H15ClN4O2/c1-9-3-4-11(17)6-13(9)20-14(22)7-21-8-18-15-12(16(21)23)5-10(2)19-15/h3-6,8,19H,7H2,1-2H3,(H,20,22). The quantitative estimate of drug-likeness (QED) is 0.774. The molecule has 2 heterocycles. The number of anilines is 1. The first kappa shape index (κ1) is 15.3. The van der Waals surface area contributed by atoms with Gasteiger partial charge in [-0.2, -0.15) is 0 Å². The van der Waals surface area contributed by atoms with Gasteiger partial charge in [0.15, 0.2) is 0 Å². The second-order valence-electron chi connectivity index (χ2n) is 5.40. The molecule has 6 nitrogen and oxygen atoms in total. The predicted octanol–water partition coefficient (Wildman–Crippen LogP) is 2.63. The summed E-state index contributed by atoms with van der Waals surface area (Å²) >= 11 is 5.93. The summed E-state index contributed by atoms with van der Waals surface area (Å²) in [6, 6.07) is 6.97. The third-order valence-corrected chi connectivity index (χ3v) is 3.77. The lowest BCUT2D eigenvalue weighted by Crippen LogP contribution is -2.27. The van der Waals surface area contributed by atoms with Gasteiger partial charge in [-0.3, -0.25) is 14.2 Å². The number of aryl methyl sites for hydroxylation is 2. The van der Waals surface area contributed by atoms with Crippen molar-refractivity contribution in [2.75, 3.05) is 5.32 Å². The molecule has 118 valence electrons. The van der Waals surface area contributed by atoms with E-state index in [1.54, 1.807) is 18.2 Å². The summed E-state index contributed by atoms with van der Waals surface area (Å²) < 4.78 is 1.28. The van der Waals surface area contributed by atoms with E-state index in [4.69, 9.17) is 11.6 Å². The Balaban J connectivity index is 1.84. The van der Waals surface area contributed by atoms with Crippen LogP contribution in [0.1, 0.15) is 11.3 Å². The lowest BCUT2D eigenvalue weighted by atomic mass is 10.2. The summed E-state index contributed by atoms with van der Waals surface area (Å²) in [4.78, 5) is 31.7. The molecule has 0 fully saturated rings. The van der Waals surface area contributed by atoms with Gasteiger partial charge in [-0.05, 0) is 37.6 Å². The van der Waals surface area contributed by atoms with Gasteiger partial charge in [0.1, 0.15) is 18.5 Å². The second-order valence-corrected chi connectivity index (χ2v) is 5.84. The number of hydrogen-bond acceptors (Lipinski definition) is 3. The molecule has 0 aliphatic rings. The summed E-state index contributed by atoms with van der Waals surface area (Å²) in [6.45, 7) is 3.60. The molecule has 0 spiro atoms. The first-order chi connectivity index (χ1) is 10.9. The van der Waals surface area contributed by atoms with E-state index in [-0.39, 0.29) is 18.0 Å². The second kappa shape index (κ2) is 5.89. The Bertz CT molecular complexity index is 958. The molecule has 1 aromatic carbocycles. The minimum atomic E-state index is -0.314. The highest BCUT2D eigenvalue weighted by molar-refractivity contribution is 6.31. The van der Waals surface area contributed by atoms with Crippen molar-refractivity contribution in [2.45, 2.75) is 20.4 Å². The molecule has 3 rings (SSSR count). The topological polar surface area (TPSA) is 79.8 Å². The largest absolute Gasteiger partial charge is 0.343 e. The van der Waals surface area contributed by atoms with E-state index in [9.17, 15) is 9.59 Å². The minimum absolute atomic E-state index is 0.113. The van der Waals surface area contributed by atoms with Crippen molar-refractivity contribution in [3.05, 3.63) is 57.2 Å². The number of H-pyrrole nitrogens is 1. The Morgan fingerprint density at radius 1 is 1.35 bits per heavy atom. The van der Waals surface area contributed by atoms with Crippen LogP contribution < -0.4 is 10.9 Å². The van der Waals surface area contributed by atoms with Crippen LogP contribution in [0.25, 0.3) is 11.0 Å². The van der Waals surface area contributed by atoms with Crippen molar-refractivity contribution in [1.29, 1.82) is 0 Å². The first-order valence-electron chi connectivity index (χ1n) is 7.05. The number of benzene rings is 1. The Kier molecular flexibility index (Phi) is 3.92. The Morgan fingerprint density at radius 2 is 2.13 bits per heavy atom. The predicted molar refractivity (Wildman–Crippen MR) is 89.9 cm³/mol. The zero-order valence-electron chi connectivity index (χ0n) is 12.7. The van der Waals surface area contributed by atoms with Crippen molar-refractivity contribution >= 4 is 34.2 Å². The highest BCUT2D eigenvalue weighted by Gasteiger charge is 2.11. The molecule has 0 unspecified atom stereocenters. The average molecular weight is 331 g/mol. The molecule has 2 aromatic heterocycles. The minimum Gasteiger partial charge on any atom is -0.343 e. The molecule has 0 bridgehead atoms. The molecule has 0 aliphatic heterocycles. The molecule has 2 N–H and O–H groups in total. The number of carbonyl (C=O) groups is 1.